The lowest BCUT2D eigenvalue weighted by atomic mass is 10.0. The fourth-order valence-electron chi connectivity index (χ4n) is 3.75. The molecule has 0 aromatic heterocycles. The summed E-state index contributed by atoms with van der Waals surface area (Å²) in [7, 11) is 1.82. The fraction of sp³-hybridized carbons (Fsp3) is 0.417. The number of aliphatic imine (C=N–C) groups is 1. The van der Waals surface area contributed by atoms with Gasteiger partial charge in [-0.05, 0) is 42.5 Å². The Balaban J connectivity index is 1.36. The minimum atomic E-state index is -0.0508. The van der Waals surface area contributed by atoms with E-state index in [1.54, 1.807) is 0 Å². The summed E-state index contributed by atoms with van der Waals surface area (Å²) < 4.78 is 0. The number of carbonyl (C=O) groups is 1. The summed E-state index contributed by atoms with van der Waals surface area (Å²) in [6.45, 7) is 5.56. The van der Waals surface area contributed by atoms with Crippen LogP contribution in [0.1, 0.15) is 30.9 Å². The first-order chi connectivity index (χ1) is 14.6. The van der Waals surface area contributed by atoms with E-state index in [-0.39, 0.29) is 5.91 Å². The number of carbonyl (C=O) groups excluding carboxylic acids is 1. The van der Waals surface area contributed by atoms with Gasteiger partial charge in [-0.1, -0.05) is 42.5 Å². The Morgan fingerprint density at radius 1 is 1.03 bits per heavy atom. The van der Waals surface area contributed by atoms with E-state index in [0.29, 0.717) is 6.04 Å². The number of nitrogens with one attached hydrogen (secondary N) is 3. The van der Waals surface area contributed by atoms with Crippen molar-refractivity contribution in [1.82, 2.24) is 15.5 Å². The number of guanidine groups is 1. The third kappa shape index (κ3) is 7.19. The molecule has 0 spiro atoms. The molecule has 0 aliphatic carbocycles. The van der Waals surface area contributed by atoms with Gasteiger partial charge >= 0.3 is 0 Å². The van der Waals surface area contributed by atoms with Gasteiger partial charge in [-0.15, -0.1) is 0 Å². The summed E-state index contributed by atoms with van der Waals surface area (Å²) in [6, 6.07) is 19.1. The molecule has 30 heavy (non-hydrogen) atoms. The summed E-state index contributed by atoms with van der Waals surface area (Å²) in [5, 5.41) is 9.78. The number of rotatable bonds is 7. The maximum atomic E-state index is 11.1. The van der Waals surface area contributed by atoms with Crippen LogP contribution < -0.4 is 16.0 Å². The van der Waals surface area contributed by atoms with Gasteiger partial charge in [0.15, 0.2) is 5.96 Å². The molecule has 1 saturated heterocycles. The van der Waals surface area contributed by atoms with E-state index in [1.165, 1.54) is 18.1 Å². The second-order valence-corrected chi connectivity index (χ2v) is 7.81. The first-order valence-electron chi connectivity index (χ1n) is 10.7. The standard InChI is InChI=1S/C24H33N5O/c1-19(30)27-22-10-8-20(9-11-22)12-15-26-24(25-2)28-23-13-16-29(17-14-23)18-21-6-4-3-5-7-21/h3-11,23H,12-18H2,1-2H3,(H,27,30)(H2,25,26,28). The van der Waals surface area contributed by atoms with Crippen LogP contribution in [-0.4, -0.2) is 49.5 Å². The lowest BCUT2D eigenvalue weighted by molar-refractivity contribution is -0.114. The zero-order valence-electron chi connectivity index (χ0n) is 18.0. The second-order valence-electron chi connectivity index (χ2n) is 7.81. The number of benzene rings is 2. The van der Waals surface area contributed by atoms with Crippen LogP contribution in [0.3, 0.4) is 0 Å². The third-order valence-electron chi connectivity index (χ3n) is 5.38. The molecule has 6 heteroatoms. The van der Waals surface area contributed by atoms with E-state index >= 15 is 0 Å². The molecule has 0 bridgehead atoms. The average molecular weight is 408 g/mol. The molecule has 0 saturated carbocycles. The van der Waals surface area contributed by atoms with Crippen LogP contribution >= 0.6 is 0 Å². The Labute approximate surface area is 179 Å². The Morgan fingerprint density at radius 2 is 1.73 bits per heavy atom. The second kappa shape index (κ2) is 11.4. The van der Waals surface area contributed by atoms with Crippen LogP contribution in [0.15, 0.2) is 59.6 Å². The molecule has 1 aliphatic heterocycles. The van der Waals surface area contributed by atoms with Gasteiger partial charge in [-0.3, -0.25) is 14.7 Å². The smallest absolute Gasteiger partial charge is 0.221 e. The monoisotopic (exact) mass is 407 g/mol. The van der Waals surface area contributed by atoms with Crippen molar-refractivity contribution in [1.29, 1.82) is 0 Å². The minimum absolute atomic E-state index is 0.0508. The molecule has 160 valence electrons. The molecule has 0 radical (unpaired) electrons. The third-order valence-corrected chi connectivity index (χ3v) is 5.38. The Hall–Kier alpha value is -2.86. The SMILES string of the molecule is CN=C(NCCc1ccc(NC(C)=O)cc1)NC1CCN(Cc2ccccc2)CC1. The van der Waals surface area contributed by atoms with Crippen molar-refractivity contribution < 1.29 is 4.79 Å². The van der Waals surface area contributed by atoms with Gasteiger partial charge in [-0.25, -0.2) is 0 Å². The summed E-state index contributed by atoms with van der Waals surface area (Å²) in [6.07, 6.45) is 3.15. The highest BCUT2D eigenvalue weighted by atomic mass is 16.1. The Kier molecular flexibility index (Phi) is 8.27. The van der Waals surface area contributed by atoms with E-state index < -0.39 is 0 Å². The molecule has 1 amide bonds. The highest BCUT2D eigenvalue weighted by Crippen LogP contribution is 2.14. The molecule has 1 fully saturated rings. The van der Waals surface area contributed by atoms with Crippen molar-refractivity contribution in [3.63, 3.8) is 0 Å². The first-order valence-corrected chi connectivity index (χ1v) is 10.7. The Morgan fingerprint density at radius 3 is 2.37 bits per heavy atom. The van der Waals surface area contributed by atoms with Gasteiger partial charge in [0.25, 0.3) is 0 Å². The molecule has 3 N–H and O–H groups in total. The normalized spacial score (nSPS) is 15.6. The van der Waals surface area contributed by atoms with Crippen LogP contribution in [0.2, 0.25) is 0 Å². The molecule has 6 nitrogen and oxygen atoms in total. The van der Waals surface area contributed by atoms with Crippen LogP contribution in [0.5, 0.6) is 0 Å². The summed E-state index contributed by atoms with van der Waals surface area (Å²) in [4.78, 5) is 18.0. The van der Waals surface area contributed by atoms with E-state index in [1.807, 2.05) is 31.3 Å². The molecule has 0 atom stereocenters. The number of nitrogens with zero attached hydrogens (tertiary/aromatic N) is 2. The van der Waals surface area contributed by atoms with Crippen molar-refractivity contribution in [3.8, 4) is 0 Å². The number of anilines is 1. The zero-order valence-corrected chi connectivity index (χ0v) is 18.0. The minimum Gasteiger partial charge on any atom is -0.356 e. The number of hydrogen-bond donors (Lipinski definition) is 3. The largest absolute Gasteiger partial charge is 0.356 e. The summed E-state index contributed by atoms with van der Waals surface area (Å²) in [5.41, 5.74) is 3.43. The molecule has 3 rings (SSSR count). The lowest BCUT2D eigenvalue weighted by Gasteiger charge is -2.33. The van der Waals surface area contributed by atoms with Crippen molar-refractivity contribution in [3.05, 3.63) is 65.7 Å². The maximum absolute atomic E-state index is 11.1. The van der Waals surface area contributed by atoms with Gasteiger partial charge in [-0.2, -0.15) is 0 Å². The molecule has 1 aliphatic rings. The predicted octanol–water partition coefficient (Wildman–Crippen LogP) is 3.02. The maximum Gasteiger partial charge on any atom is 0.221 e. The van der Waals surface area contributed by atoms with E-state index in [0.717, 1.165) is 57.1 Å². The molecule has 0 unspecified atom stereocenters. The van der Waals surface area contributed by atoms with Crippen LogP contribution in [0.25, 0.3) is 0 Å². The van der Waals surface area contributed by atoms with Gasteiger partial charge in [0.2, 0.25) is 5.91 Å². The molecule has 2 aromatic carbocycles. The van der Waals surface area contributed by atoms with Crippen molar-refractivity contribution in [2.45, 2.75) is 38.8 Å². The highest BCUT2D eigenvalue weighted by Gasteiger charge is 2.19. The highest BCUT2D eigenvalue weighted by molar-refractivity contribution is 5.88. The summed E-state index contributed by atoms with van der Waals surface area (Å²) in [5.74, 6) is 0.816. The number of hydrogen-bond acceptors (Lipinski definition) is 3. The van der Waals surface area contributed by atoms with E-state index in [4.69, 9.17) is 0 Å². The predicted molar refractivity (Wildman–Crippen MR) is 124 cm³/mol. The van der Waals surface area contributed by atoms with Crippen LogP contribution in [-0.2, 0) is 17.8 Å². The lowest BCUT2D eigenvalue weighted by Crippen LogP contribution is -2.48. The summed E-state index contributed by atoms with van der Waals surface area (Å²) >= 11 is 0. The van der Waals surface area contributed by atoms with Gasteiger partial charge in [0.05, 0.1) is 0 Å². The van der Waals surface area contributed by atoms with E-state index in [9.17, 15) is 4.79 Å². The average Bonchev–Trinajstić information content (AvgIpc) is 2.76. The number of piperidine rings is 1. The van der Waals surface area contributed by atoms with Crippen LogP contribution in [0, 0.1) is 0 Å². The van der Waals surface area contributed by atoms with E-state index in [2.05, 4.69) is 56.2 Å². The Bertz CT molecular complexity index is 811. The van der Waals surface area contributed by atoms with Gasteiger partial charge in [0.1, 0.15) is 0 Å². The molecule has 1 heterocycles. The van der Waals surface area contributed by atoms with Crippen LogP contribution in [0.4, 0.5) is 5.69 Å². The van der Waals surface area contributed by atoms with Gasteiger partial charge in [0, 0.05) is 51.9 Å². The fourth-order valence-corrected chi connectivity index (χ4v) is 3.75. The molecular formula is C24H33N5O. The first kappa shape index (κ1) is 21.8. The molecule has 2 aromatic rings. The van der Waals surface area contributed by atoms with Gasteiger partial charge < -0.3 is 16.0 Å². The molecular weight excluding hydrogens is 374 g/mol. The number of likely N-dealkylation sites (tertiary alicyclic amines) is 1. The zero-order chi connectivity index (χ0) is 21.2. The topological polar surface area (TPSA) is 68.8 Å². The number of amides is 1. The van der Waals surface area contributed by atoms with Crippen molar-refractivity contribution in [2.75, 3.05) is 32.0 Å². The van der Waals surface area contributed by atoms with Crippen molar-refractivity contribution in [2.24, 2.45) is 4.99 Å². The quantitative estimate of drug-likeness (QED) is 0.488. The van der Waals surface area contributed by atoms with Crippen molar-refractivity contribution >= 4 is 17.6 Å².